The van der Waals surface area contributed by atoms with E-state index in [0.29, 0.717) is 30.2 Å². The Hall–Kier alpha value is -5.11. The fraction of sp³-hybridized carbons (Fsp3) is 0.382. The molecule has 11 nitrogen and oxygen atoms in total. The van der Waals surface area contributed by atoms with Crippen LogP contribution in [0.3, 0.4) is 0 Å². The van der Waals surface area contributed by atoms with Gasteiger partial charge in [-0.3, -0.25) is 23.5 Å². The summed E-state index contributed by atoms with van der Waals surface area (Å²) in [7, 11) is 1.63. The van der Waals surface area contributed by atoms with Gasteiger partial charge in [0.1, 0.15) is 5.60 Å². The molecule has 1 N–H and O–H groups in total. The normalized spacial score (nSPS) is 15.3. The van der Waals surface area contributed by atoms with Crippen LogP contribution in [-0.2, 0) is 24.9 Å². The second kappa shape index (κ2) is 11.8. The summed E-state index contributed by atoms with van der Waals surface area (Å²) < 4.78 is 9.90. The third-order valence-electron chi connectivity index (χ3n) is 8.05. The Labute approximate surface area is 260 Å². The van der Waals surface area contributed by atoms with E-state index in [9.17, 15) is 14.4 Å². The molecule has 0 aliphatic carbocycles. The summed E-state index contributed by atoms with van der Waals surface area (Å²) in [6, 6.07) is 15.6. The molecule has 1 saturated heterocycles. The fourth-order valence-corrected chi connectivity index (χ4v) is 6.04. The number of nitrogens with one attached hydrogen (secondary N) is 1. The quantitative estimate of drug-likeness (QED) is 0.236. The van der Waals surface area contributed by atoms with Crippen LogP contribution in [0.2, 0.25) is 0 Å². The third-order valence-corrected chi connectivity index (χ3v) is 8.05. The molecule has 1 atom stereocenters. The van der Waals surface area contributed by atoms with E-state index < -0.39 is 22.9 Å². The zero-order chi connectivity index (χ0) is 31.9. The van der Waals surface area contributed by atoms with Crippen molar-refractivity contribution in [2.75, 3.05) is 18.0 Å². The Morgan fingerprint density at radius 2 is 1.73 bits per heavy atom. The number of rotatable bonds is 5. The van der Waals surface area contributed by atoms with Gasteiger partial charge in [-0.05, 0) is 52.0 Å². The van der Waals surface area contributed by atoms with Gasteiger partial charge in [0.05, 0.1) is 24.3 Å². The van der Waals surface area contributed by atoms with Gasteiger partial charge in [0, 0.05) is 37.0 Å². The minimum absolute atomic E-state index is 0.00163. The summed E-state index contributed by atoms with van der Waals surface area (Å²) in [6.07, 6.45) is 1.11. The molecule has 0 spiro atoms. The number of aryl methyl sites for hydroxylation is 1. The van der Waals surface area contributed by atoms with Crippen LogP contribution in [0, 0.1) is 11.8 Å². The Balaban J connectivity index is 1.44. The number of para-hydroxylation sites is 1. The second-order valence-corrected chi connectivity index (χ2v) is 12.4. The Bertz CT molecular complexity index is 2120. The van der Waals surface area contributed by atoms with Gasteiger partial charge in [0.2, 0.25) is 5.95 Å². The number of fused-ring (bicyclic) bond motifs is 4. The molecule has 11 heteroatoms. The van der Waals surface area contributed by atoms with Crippen molar-refractivity contribution in [1.82, 2.24) is 29.0 Å². The van der Waals surface area contributed by atoms with Crippen LogP contribution in [0.4, 0.5) is 10.7 Å². The maximum atomic E-state index is 14.2. The van der Waals surface area contributed by atoms with Crippen molar-refractivity contribution in [2.45, 2.75) is 65.3 Å². The lowest BCUT2D eigenvalue weighted by molar-refractivity contribution is 0.0499. The summed E-state index contributed by atoms with van der Waals surface area (Å²) in [6.45, 7) is 8.57. The first-order valence-corrected chi connectivity index (χ1v) is 15.2. The number of hydrogen-bond acceptors (Lipinski definition) is 7. The van der Waals surface area contributed by atoms with Crippen molar-refractivity contribution in [3.63, 3.8) is 0 Å². The molecule has 2 aromatic carbocycles. The molecule has 232 valence electrons. The maximum absolute atomic E-state index is 14.2. The summed E-state index contributed by atoms with van der Waals surface area (Å²) in [5.74, 6) is 6.52. The Kier molecular flexibility index (Phi) is 7.83. The molecule has 5 aromatic rings. The molecule has 6 rings (SSSR count). The number of benzene rings is 2. The first kappa shape index (κ1) is 29.9. The first-order chi connectivity index (χ1) is 21.6. The van der Waals surface area contributed by atoms with Crippen LogP contribution in [0.1, 0.15) is 46.2 Å². The molecule has 1 amide bonds. The average Bonchev–Trinajstić information content (AvgIpc) is 3.40. The largest absolute Gasteiger partial charge is 0.444 e. The van der Waals surface area contributed by atoms with E-state index in [2.05, 4.69) is 17.2 Å². The van der Waals surface area contributed by atoms with Gasteiger partial charge in [0.15, 0.2) is 11.2 Å². The molecular weight excluding hydrogens is 570 g/mol. The highest BCUT2D eigenvalue weighted by atomic mass is 16.6. The minimum Gasteiger partial charge on any atom is -0.444 e. The van der Waals surface area contributed by atoms with Gasteiger partial charge >= 0.3 is 11.8 Å². The first-order valence-electron chi connectivity index (χ1n) is 15.2. The zero-order valence-electron chi connectivity index (χ0n) is 26.3. The van der Waals surface area contributed by atoms with Crippen LogP contribution >= 0.6 is 0 Å². The summed E-state index contributed by atoms with van der Waals surface area (Å²) >= 11 is 0. The average molecular weight is 608 g/mol. The highest BCUT2D eigenvalue weighted by Gasteiger charge is 2.29. The summed E-state index contributed by atoms with van der Waals surface area (Å²) in [4.78, 5) is 52.3. The van der Waals surface area contributed by atoms with Crippen LogP contribution in [0.5, 0.6) is 0 Å². The van der Waals surface area contributed by atoms with Crippen LogP contribution in [-0.4, -0.2) is 54.5 Å². The van der Waals surface area contributed by atoms with Gasteiger partial charge in [0.25, 0.3) is 5.56 Å². The van der Waals surface area contributed by atoms with Crippen LogP contribution in [0.25, 0.3) is 32.8 Å². The van der Waals surface area contributed by atoms with Crippen molar-refractivity contribution in [3.8, 4) is 11.8 Å². The van der Waals surface area contributed by atoms with E-state index in [1.165, 1.54) is 9.13 Å². The number of carbonyl (C=O) groups is 1. The topological polar surface area (TPSA) is 116 Å². The molecule has 0 bridgehead atoms. The Morgan fingerprint density at radius 3 is 2.47 bits per heavy atom. The van der Waals surface area contributed by atoms with Crippen molar-refractivity contribution in [3.05, 3.63) is 75.1 Å². The lowest BCUT2D eigenvalue weighted by atomic mass is 10.0. The highest BCUT2D eigenvalue weighted by Crippen LogP contribution is 2.27. The van der Waals surface area contributed by atoms with Crippen molar-refractivity contribution in [2.24, 2.45) is 7.05 Å². The van der Waals surface area contributed by atoms with Gasteiger partial charge < -0.3 is 15.0 Å². The van der Waals surface area contributed by atoms with E-state index in [4.69, 9.17) is 14.7 Å². The summed E-state index contributed by atoms with van der Waals surface area (Å²) in [5, 5.41) is 5.87. The van der Waals surface area contributed by atoms with Gasteiger partial charge in [-0.1, -0.05) is 48.4 Å². The van der Waals surface area contributed by atoms with E-state index in [-0.39, 0.29) is 24.8 Å². The van der Waals surface area contributed by atoms with Crippen LogP contribution in [0.15, 0.2) is 58.1 Å². The summed E-state index contributed by atoms with van der Waals surface area (Å²) in [5.41, 5.74) is 0.466. The highest BCUT2D eigenvalue weighted by molar-refractivity contribution is 6.06. The van der Waals surface area contributed by atoms with Crippen molar-refractivity contribution < 1.29 is 9.53 Å². The van der Waals surface area contributed by atoms with E-state index in [1.54, 1.807) is 18.5 Å². The molecule has 0 unspecified atom stereocenters. The predicted molar refractivity (Wildman–Crippen MR) is 176 cm³/mol. The van der Waals surface area contributed by atoms with Crippen molar-refractivity contribution in [1.29, 1.82) is 0 Å². The minimum atomic E-state index is -0.607. The predicted octanol–water partition coefficient (Wildman–Crippen LogP) is 4.16. The number of pyridine rings is 1. The molecule has 1 aliphatic heterocycles. The number of nitrogens with zero attached hydrogens (tertiary/aromatic N) is 6. The zero-order valence-corrected chi connectivity index (χ0v) is 26.3. The number of aromatic nitrogens is 5. The van der Waals surface area contributed by atoms with E-state index in [1.807, 2.05) is 74.2 Å². The van der Waals surface area contributed by atoms with E-state index in [0.717, 1.165) is 34.5 Å². The maximum Gasteiger partial charge on any atom is 0.407 e. The number of carbonyl (C=O) groups excluding carboxylic acids is 1. The smallest absolute Gasteiger partial charge is 0.407 e. The lowest BCUT2D eigenvalue weighted by Gasteiger charge is -2.34. The molecule has 4 heterocycles. The SMILES string of the molecule is CC#CCn1c(N2CCC[C@@H](NC(=O)OC(C)(C)C)C2)nc2c1c(=O)n(Cc1nc3ccccc3c3ccccc13)c(=O)n2C. The molecular formula is C34H37N7O4. The number of piperidine rings is 1. The monoisotopic (exact) mass is 607 g/mol. The number of alkyl carbamates (subject to hydrolysis) is 1. The number of hydrogen-bond donors (Lipinski definition) is 1. The Morgan fingerprint density at radius 1 is 1.02 bits per heavy atom. The molecule has 1 aliphatic rings. The third kappa shape index (κ3) is 5.76. The fourth-order valence-electron chi connectivity index (χ4n) is 6.04. The van der Waals surface area contributed by atoms with Crippen molar-refractivity contribution >= 4 is 44.9 Å². The standard InChI is InChI=1S/C34H37N7O4/c1-6-7-19-40-28-29(37-31(40)39-18-12-13-22(20-39)35-32(43)45-34(2,3)4)38(5)33(44)41(30(28)42)21-27-25-16-9-8-14-23(25)24-15-10-11-17-26(24)36-27/h8-11,14-17,22H,12-13,18-21H2,1-5H3,(H,35,43)/t22-/m1/s1. The van der Waals surface area contributed by atoms with Crippen LogP contribution < -0.4 is 21.5 Å². The molecule has 0 saturated carbocycles. The number of ether oxygens (including phenoxy) is 1. The van der Waals surface area contributed by atoms with Gasteiger partial charge in [-0.25, -0.2) is 9.59 Å². The second-order valence-electron chi connectivity index (χ2n) is 12.4. The number of imidazole rings is 1. The number of amides is 1. The van der Waals surface area contributed by atoms with E-state index >= 15 is 0 Å². The molecule has 3 aromatic heterocycles. The molecule has 1 fully saturated rings. The van der Waals surface area contributed by atoms with Gasteiger partial charge in [-0.15, -0.1) is 5.92 Å². The number of anilines is 1. The van der Waals surface area contributed by atoms with Gasteiger partial charge in [-0.2, -0.15) is 4.98 Å². The molecule has 0 radical (unpaired) electrons. The lowest BCUT2D eigenvalue weighted by Crippen LogP contribution is -2.49. The molecule has 45 heavy (non-hydrogen) atoms.